The van der Waals surface area contributed by atoms with Gasteiger partial charge in [-0.25, -0.2) is 4.79 Å². The van der Waals surface area contributed by atoms with Crippen LogP contribution in [0.5, 0.6) is 0 Å². The quantitative estimate of drug-likeness (QED) is 0.0638. The molecule has 1 aliphatic heterocycles. The van der Waals surface area contributed by atoms with Gasteiger partial charge in [0.2, 0.25) is 5.82 Å². The number of nitrogens with zero attached hydrogens (tertiary/aromatic N) is 6. The summed E-state index contributed by atoms with van der Waals surface area (Å²) in [5.74, 6) is 0.210. The molecule has 1 atom stereocenters. The molecule has 5 aromatic carbocycles. The van der Waals surface area contributed by atoms with Crippen molar-refractivity contribution in [2.24, 2.45) is 5.10 Å². The van der Waals surface area contributed by atoms with E-state index in [4.69, 9.17) is 25.2 Å². The van der Waals surface area contributed by atoms with Crippen LogP contribution >= 0.6 is 0 Å². The largest absolute Gasteiger partial charge is 0.462 e. The minimum absolute atomic E-state index is 0.306. The molecule has 8 nitrogen and oxygen atoms in total. The first-order valence-electron chi connectivity index (χ1n) is 19.0. The van der Waals surface area contributed by atoms with E-state index in [1.165, 1.54) is 0 Å². The molecule has 0 radical (unpaired) electrons. The average Bonchev–Trinajstić information content (AvgIpc) is 3.82. The lowest BCUT2D eigenvalue weighted by Gasteiger charge is -2.34. The maximum atomic E-state index is 13.5. The summed E-state index contributed by atoms with van der Waals surface area (Å²) >= 11 is 0. The van der Waals surface area contributed by atoms with Crippen LogP contribution in [0.3, 0.4) is 0 Å². The van der Waals surface area contributed by atoms with Crippen molar-refractivity contribution >= 4 is 11.7 Å². The zero-order valence-electron chi connectivity index (χ0n) is 31.5. The molecule has 1 aromatic heterocycles. The molecular formula is C46H47N6O2+. The Morgan fingerprint density at radius 2 is 1.22 bits per heavy atom. The number of hydrogen-bond acceptors (Lipinski definition) is 6. The standard InChI is InChI=1S/C46H47N6O2/c1-5-8-33-52(4)41(20-6-2)42(45(53)54-7-3)43(49-52)35-31-29-34(30-32-35)39-27-18-19-28-40(39)44-47-50-51(48-44)46(36-21-12-9-13-22-36,37-23-14-10-15-24-37)38-25-16-11-17-26-38/h9-19,21-32H,5-8,20,33H2,1-4H3/q+1. The maximum absolute atomic E-state index is 13.5. The summed E-state index contributed by atoms with van der Waals surface area (Å²) in [4.78, 5) is 15.3. The van der Waals surface area contributed by atoms with Crippen molar-refractivity contribution < 1.29 is 14.1 Å². The van der Waals surface area contributed by atoms with E-state index in [0.717, 1.165) is 76.9 Å². The molecule has 0 aliphatic carbocycles. The number of ether oxygens (including phenoxy) is 1. The van der Waals surface area contributed by atoms with Crippen LogP contribution in [0, 0.1) is 0 Å². The molecule has 0 saturated heterocycles. The van der Waals surface area contributed by atoms with Crippen LogP contribution in [-0.4, -0.2) is 56.7 Å². The van der Waals surface area contributed by atoms with E-state index in [9.17, 15) is 4.79 Å². The predicted molar refractivity (Wildman–Crippen MR) is 214 cm³/mol. The van der Waals surface area contributed by atoms with E-state index >= 15 is 0 Å². The van der Waals surface area contributed by atoms with Gasteiger partial charge in [-0.15, -0.1) is 15.0 Å². The van der Waals surface area contributed by atoms with E-state index in [1.807, 2.05) is 79.7 Å². The Morgan fingerprint density at radius 1 is 0.685 bits per heavy atom. The normalized spacial score (nSPS) is 15.7. The number of carbonyl (C=O) groups is 1. The summed E-state index contributed by atoms with van der Waals surface area (Å²) in [5.41, 5.74) is 8.21. The monoisotopic (exact) mass is 715 g/mol. The Balaban J connectivity index is 1.31. The van der Waals surface area contributed by atoms with Crippen molar-refractivity contribution in [3.8, 4) is 22.5 Å². The molecular weight excluding hydrogens is 669 g/mol. The first kappa shape index (κ1) is 36.4. The zero-order valence-corrected chi connectivity index (χ0v) is 31.5. The molecule has 2 heterocycles. The third kappa shape index (κ3) is 6.69. The molecule has 8 heteroatoms. The third-order valence-corrected chi connectivity index (χ3v) is 10.3. The highest BCUT2D eigenvalue weighted by molar-refractivity contribution is 6.27. The number of esters is 1. The molecule has 1 unspecified atom stereocenters. The third-order valence-electron chi connectivity index (χ3n) is 10.3. The Kier molecular flexibility index (Phi) is 10.7. The lowest BCUT2D eigenvalue weighted by atomic mass is 9.77. The van der Waals surface area contributed by atoms with Gasteiger partial charge in [0.1, 0.15) is 17.8 Å². The van der Waals surface area contributed by atoms with Crippen LogP contribution in [-0.2, 0) is 15.1 Å². The van der Waals surface area contributed by atoms with Crippen LogP contribution in [0.1, 0.15) is 68.7 Å². The second-order valence-electron chi connectivity index (χ2n) is 13.8. The Bertz CT molecular complexity index is 2170. The first-order valence-corrected chi connectivity index (χ1v) is 19.0. The van der Waals surface area contributed by atoms with Crippen molar-refractivity contribution in [1.82, 2.24) is 20.2 Å². The van der Waals surface area contributed by atoms with Crippen LogP contribution < -0.4 is 0 Å². The Hall–Kier alpha value is -5.99. The summed E-state index contributed by atoms with van der Waals surface area (Å²) in [6.45, 7) is 7.31. The molecule has 0 N–H and O–H groups in total. The van der Waals surface area contributed by atoms with Gasteiger partial charge in [-0.1, -0.05) is 165 Å². The van der Waals surface area contributed by atoms with E-state index < -0.39 is 5.54 Å². The number of quaternary nitrogens is 1. The van der Waals surface area contributed by atoms with Crippen molar-refractivity contribution in [3.05, 3.63) is 173 Å². The van der Waals surface area contributed by atoms with E-state index in [2.05, 4.69) is 87.6 Å². The summed E-state index contributed by atoms with van der Waals surface area (Å²) < 4.78 is 5.99. The van der Waals surface area contributed by atoms with Crippen molar-refractivity contribution in [3.63, 3.8) is 0 Å². The highest BCUT2D eigenvalue weighted by Crippen LogP contribution is 2.41. The van der Waals surface area contributed by atoms with E-state index in [1.54, 1.807) is 4.80 Å². The molecule has 0 saturated carbocycles. The lowest BCUT2D eigenvalue weighted by molar-refractivity contribution is -0.878. The summed E-state index contributed by atoms with van der Waals surface area (Å²) in [6, 6.07) is 47.5. The Labute approximate surface area is 318 Å². The number of rotatable bonds is 14. The number of aromatic nitrogens is 4. The average molecular weight is 716 g/mol. The predicted octanol–water partition coefficient (Wildman–Crippen LogP) is 9.43. The van der Waals surface area contributed by atoms with E-state index in [-0.39, 0.29) is 5.97 Å². The van der Waals surface area contributed by atoms with Crippen LogP contribution in [0.25, 0.3) is 22.5 Å². The van der Waals surface area contributed by atoms with Gasteiger partial charge in [-0.3, -0.25) is 0 Å². The van der Waals surface area contributed by atoms with Gasteiger partial charge in [0.15, 0.2) is 11.2 Å². The van der Waals surface area contributed by atoms with Crippen molar-refractivity contribution in [2.45, 2.75) is 52.0 Å². The SMILES string of the molecule is CCCC[N+]1(C)N=C(c2ccc(-c3ccccc3-c3nnn(C(c4ccccc4)(c4ccccc4)c4ccccc4)n3)cc2)C(C(=O)OCC)=C1CCC. The minimum atomic E-state index is -0.876. The van der Waals surface area contributed by atoms with Gasteiger partial charge >= 0.3 is 5.97 Å². The number of hydrogen-bond donors (Lipinski definition) is 0. The van der Waals surface area contributed by atoms with Crippen LogP contribution in [0.2, 0.25) is 0 Å². The minimum Gasteiger partial charge on any atom is -0.462 e. The molecule has 1 aliphatic rings. The number of unbranched alkanes of at least 4 members (excludes halogenated alkanes) is 1. The first-order chi connectivity index (χ1) is 26.4. The lowest BCUT2D eigenvalue weighted by Crippen LogP contribution is -2.39. The smallest absolute Gasteiger partial charge is 0.346 e. The van der Waals surface area contributed by atoms with Gasteiger partial charge in [0.05, 0.1) is 13.7 Å². The van der Waals surface area contributed by atoms with Gasteiger partial charge in [0, 0.05) is 17.5 Å². The highest BCUT2D eigenvalue weighted by atomic mass is 16.5. The summed E-state index contributed by atoms with van der Waals surface area (Å²) in [5, 5.41) is 19.9. The number of allylic oxidation sites excluding steroid dienone is 1. The maximum Gasteiger partial charge on any atom is 0.346 e. The molecule has 272 valence electrons. The van der Waals surface area contributed by atoms with Crippen LogP contribution in [0.4, 0.5) is 0 Å². The molecule has 7 rings (SSSR count). The Morgan fingerprint density at radius 3 is 1.76 bits per heavy atom. The van der Waals surface area contributed by atoms with Gasteiger partial charge in [0.25, 0.3) is 0 Å². The van der Waals surface area contributed by atoms with Crippen molar-refractivity contribution in [2.75, 3.05) is 20.2 Å². The summed E-state index contributed by atoms with van der Waals surface area (Å²) in [6.07, 6.45) is 3.75. The fourth-order valence-corrected chi connectivity index (χ4v) is 7.67. The number of carbonyl (C=O) groups excluding carboxylic acids is 1. The number of tetrazole rings is 1. The molecule has 6 aromatic rings. The van der Waals surface area contributed by atoms with Crippen molar-refractivity contribution in [1.29, 1.82) is 0 Å². The van der Waals surface area contributed by atoms with E-state index in [0.29, 0.717) is 28.3 Å². The highest BCUT2D eigenvalue weighted by Gasteiger charge is 2.44. The second kappa shape index (κ2) is 15.9. The van der Waals surface area contributed by atoms with Gasteiger partial charge < -0.3 is 4.74 Å². The number of benzene rings is 5. The fraction of sp³-hybridized carbons (Fsp3) is 0.239. The molecule has 54 heavy (non-hydrogen) atoms. The van der Waals surface area contributed by atoms with Gasteiger partial charge in [-0.05, 0) is 52.8 Å². The molecule has 0 fully saturated rings. The zero-order chi connectivity index (χ0) is 37.5. The summed E-state index contributed by atoms with van der Waals surface area (Å²) in [7, 11) is 2.11. The van der Waals surface area contributed by atoms with Crippen LogP contribution in [0.15, 0.2) is 156 Å². The molecule has 0 bridgehead atoms. The second-order valence-corrected chi connectivity index (χ2v) is 13.8. The molecule has 0 spiro atoms. The topological polar surface area (TPSA) is 82.3 Å². The fourth-order valence-electron chi connectivity index (χ4n) is 7.67. The van der Waals surface area contributed by atoms with Gasteiger partial charge in [-0.2, -0.15) is 4.59 Å². The molecule has 0 amide bonds.